The van der Waals surface area contributed by atoms with Crippen molar-refractivity contribution >= 4 is 39.5 Å². The van der Waals surface area contributed by atoms with Gasteiger partial charge in [-0.25, -0.2) is 4.98 Å². The van der Waals surface area contributed by atoms with Gasteiger partial charge in [0.15, 0.2) is 0 Å². The molecule has 0 aliphatic carbocycles. The van der Waals surface area contributed by atoms with Crippen molar-refractivity contribution < 1.29 is 4.74 Å². The van der Waals surface area contributed by atoms with Gasteiger partial charge in [0.1, 0.15) is 10.3 Å². The van der Waals surface area contributed by atoms with Crippen LogP contribution in [-0.4, -0.2) is 33.3 Å². The van der Waals surface area contributed by atoms with Crippen LogP contribution in [0.15, 0.2) is 9.27 Å². The van der Waals surface area contributed by atoms with E-state index in [4.69, 9.17) is 4.74 Å². The maximum Gasteiger partial charge on any atom is 0.265 e. The summed E-state index contributed by atoms with van der Waals surface area (Å²) in [6.45, 7) is 4.81. The molecule has 1 aliphatic heterocycles. The first-order valence-corrected chi connectivity index (χ1v) is 8.86. The summed E-state index contributed by atoms with van der Waals surface area (Å²) in [6.07, 6.45) is 0. The third-order valence-electron chi connectivity index (χ3n) is 3.09. The number of aromatic nitrogens is 2. The predicted molar refractivity (Wildman–Crippen MR) is 85.0 cm³/mol. The van der Waals surface area contributed by atoms with Crippen LogP contribution in [-0.2, 0) is 11.3 Å². The number of ether oxygens (including phenoxy) is 1. The van der Waals surface area contributed by atoms with Gasteiger partial charge in [0, 0.05) is 23.4 Å². The summed E-state index contributed by atoms with van der Waals surface area (Å²) in [6, 6.07) is 0. The molecule has 19 heavy (non-hydrogen) atoms. The summed E-state index contributed by atoms with van der Waals surface area (Å²) in [7, 11) is 1.60. The van der Waals surface area contributed by atoms with Crippen LogP contribution in [0.5, 0.6) is 0 Å². The Morgan fingerprint density at radius 2 is 2.21 bits per heavy atom. The largest absolute Gasteiger partial charge is 0.378 e. The van der Waals surface area contributed by atoms with E-state index in [-0.39, 0.29) is 10.8 Å². The van der Waals surface area contributed by atoms with E-state index in [2.05, 4.69) is 39.7 Å². The number of H-pyrrole nitrogens is 1. The highest BCUT2D eigenvalue weighted by Crippen LogP contribution is 2.43. The molecule has 0 spiro atoms. The molecule has 1 aliphatic rings. The van der Waals surface area contributed by atoms with Crippen molar-refractivity contribution in [3.8, 4) is 0 Å². The molecule has 0 bridgehead atoms. The molecule has 1 fully saturated rings. The Morgan fingerprint density at radius 1 is 1.47 bits per heavy atom. The second kappa shape index (κ2) is 6.65. The van der Waals surface area contributed by atoms with Crippen molar-refractivity contribution in [2.24, 2.45) is 0 Å². The molecule has 1 saturated heterocycles. The predicted octanol–water partition coefficient (Wildman–Crippen LogP) is 2.98. The molecule has 1 aromatic heterocycles. The number of aromatic amines is 1. The van der Waals surface area contributed by atoms with Gasteiger partial charge in [-0.1, -0.05) is 13.8 Å². The Bertz CT molecular complexity index is 509. The maximum atomic E-state index is 11.9. The maximum absolute atomic E-state index is 11.9. The molecule has 4 nitrogen and oxygen atoms in total. The van der Waals surface area contributed by atoms with Gasteiger partial charge in [-0.05, 0) is 15.9 Å². The van der Waals surface area contributed by atoms with Crippen LogP contribution < -0.4 is 5.56 Å². The number of methoxy groups -OCH3 is 1. The first-order valence-electron chi connectivity index (χ1n) is 6.07. The molecule has 1 N–H and O–H groups in total. The smallest absolute Gasteiger partial charge is 0.265 e. The molecule has 3 unspecified atom stereocenters. The van der Waals surface area contributed by atoms with E-state index in [0.29, 0.717) is 27.3 Å². The number of thioether (sulfide) groups is 2. The quantitative estimate of drug-likeness (QED) is 0.893. The van der Waals surface area contributed by atoms with Crippen molar-refractivity contribution in [3.05, 3.63) is 26.3 Å². The minimum Gasteiger partial charge on any atom is -0.378 e. The van der Waals surface area contributed by atoms with Gasteiger partial charge in [-0.3, -0.25) is 4.79 Å². The van der Waals surface area contributed by atoms with Gasteiger partial charge < -0.3 is 9.72 Å². The van der Waals surface area contributed by atoms with Gasteiger partial charge in [0.2, 0.25) is 0 Å². The lowest BCUT2D eigenvalue weighted by atomic mass is 10.3. The Balaban J connectivity index is 2.27. The molecule has 0 radical (unpaired) electrons. The minimum atomic E-state index is -0.131. The number of nitrogens with one attached hydrogen (secondary N) is 1. The van der Waals surface area contributed by atoms with E-state index >= 15 is 0 Å². The van der Waals surface area contributed by atoms with Crippen LogP contribution in [0.2, 0.25) is 0 Å². The minimum absolute atomic E-state index is 0.131. The van der Waals surface area contributed by atoms with Crippen molar-refractivity contribution in [1.82, 2.24) is 9.97 Å². The molecule has 106 valence electrons. The van der Waals surface area contributed by atoms with Crippen molar-refractivity contribution in [3.63, 3.8) is 0 Å². The third kappa shape index (κ3) is 3.56. The number of halogens is 1. The van der Waals surface area contributed by atoms with Crippen LogP contribution >= 0.6 is 39.5 Å². The summed E-state index contributed by atoms with van der Waals surface area (Å²) < 4.78 is 5.55. The molecular formula is C12H17BrN2O2S2. The molecular weight excluding hydrogens is 348 g/mol. The number of nitrogens with zero attached hydrogens (tertiary/aromatic N) is 1. The molecule has 3 atom stereocenters. The van der Waals surface area contributed by atoms with E-state index in [9.17, 15) is 4.79 Å². The average molecular weight is 365 g/mol. The van der Waals surface area contributed by atoms with Crippen LogP contribution in [0.1, 0.15) is 30.6 Å². The first-order chi connectivity index (χ1) is 9.02. The van der Waals surface area contributed by atoms with Gasteiger partial charge >= 0.3 is 0 Å². The molecule has 7 heteroatoms. The normalized spacial score (nSPS) is 27.5. The van der Waals surface area contributed by atoms with Crippen LogP contribution in [0.4, 0.5) is 0 Å². The lowest BCUT2D eigenvalue weighted by Crippen LogP contribution is -2.25. The lowest BCUT2D eigenvalue weighted by Gasteiger charge is -2.30. The molecule has 0 amide bonds. The highest BCUT2D eigenvalue weighted by atomic mass is 79.9. The summed E-state index contributed by atoms with van der Waals surface area (Å²) in [4.78, 5) is 19.3. The number of hydrogen-bond donors (Lipinski definition) is 1. The zero-order valence-electron chi connectivity index (χ0n) is 11.1. The van der Waals surface area contributed by atoms with Gasteiger partial charge in [0.25, 0.3) is 5.56 Å². The van der Waals surface area contributed by atoms with Crippen molar-refractivity contribution in [1.29, 1.82) is 0 Å². The molecule has 2 heterocycles. The lowest BCUT2D eigenvalue weighted by molar-refractivity contribution is 0.180. The van der Waals surface area contributed by atoms with Crippen LogP contribution in [0.3, 0.4) is 0 Å². The van der Waals surface area contributed by atoms with Gasteiger partial charge in [-0.15, -0.1) is 11.8 Å². The zero-order chi connectivity index (χ0) is 14.0. The molecule has 0 aromatic carbocycles. The van der Waals surface area contributed by atoms with E-state index in [1.165, 1.54) is 0 Å². The average Bonchev–Trinajstić information content (AvgIpc) is 2.38. The van der Waals surface area contributed by atoms with E-state index in [1.54, 1.807) is 7.11 Å². The van der Waals surface area contributed by atoms with Crippen molar-refractivity contribution in [2.45, 2.75) is 36.2 Å². The van der Waals surface area contributed by atoms with Crippen molar-refractivity contribution in [2.75, 3.05) is 12.9 Å². The SMILES string of the molecule is COCc1nc(C2CSC(C)C(C)S2)[nH]c(=O)c1Br. The highest BCUT2D eigenvalue weighted by molar-refractivity contribution is 9.10. The summed E-state index contributed by atoms with van der Waals surface area (Å²) in [5, 5.41) is 1.44. The third-order valence-corrected chi connectivity index (χ3v) is 7.30. The molecule has 0 saturated carbocycles. The van der Waals surface area contributed by atoms with Gasteiger partial charge in [-0.2, -0.15) is 11.8 Å². The Hall–Kier alpha value is 0.0200. The second-order valence-corrected chi connectivity index (χ2v) is 8.30. The fraction of sp³-hybridized carbons (Fsp3) is 0.667. The summed E-state index contributed by atoms with van der Waals surface area (Å²) in [5.74, 6) is 1.74. The fourth-order valence-electron chi connectivity index (χ4n) is 1.84. The van der Waals surface area contributed by atoms with Crippen LogP contribution in [0.25, 0.3) is 0 Å². The summed E-state index contributed by atoms with van der Waals surface area (Å²) >= 11 is 7.07. The zero-order valence-corrected chi connectivity index (χ0v) is 14.3. The summed E-state index contributed by atoms with van der Waals surface area (Å²) in [5.41, 5.74) is 0.534. The van der Waals surface area contributed by atoms with E-state index < -0.39 is 0 Å². The monoisotopic (exact) mass is 364 g/mol. The Kier molecular flexibility index (Phi) is 5.39. The van der Waals surface area contributed by atoms with E-state index in [0.717, 1.165) is 11.6 Å². The fourth-order valence-corrected chi connectivity index (χ4v) is 5.00. The highest BCUT2D eigenvalue weighted by Gasteiger charge is 2.28. The first kappa shape index (κ1) is 15.4. The van der Waals surface area contributed by atoms with Crippen LogP contribution in [0, 0.1) is 0 Å². The van der Waals surface area contributed by atoms with E-state index in [1.807, 2.05) is 23.5 Å². The Labute approximate surface area is 129 Å². The topological polar surface area (TPSA) is 55.0 Å². The number of rotatable bonds is 3. The standard InChI is InChI=1S/C12H17BrN2O2S2/c1-6-7(2)19-9(5-18-6)11-14-8(4-17-3)10(13)12(16)15-11/h6-7,9H,4-5H2,1-3H3,(H,14,15,16). The second-order valence-electron chi connectivity index (χ2n) is 4.51. The number of hydrogen-bond acceptors (Lipinski definition) is 5. The van der Waals surface area contributed by atoms with Gasteiger partial charge in [0.05, 0.1) is 17.6 Å². The molecule has 1 aromatic rings. The Morgan fingerprint density at radius 3 is 2.84 bits per heavy atom. The molecule has 2 rings (SSSR count).